The highest BCUT2D eigenvalue weighted by Crippen LogP contribution is 2.12. The van der Waals surface area contributed by atoms with Gasteiger partial charge in [-0.2, -0.15) is 4.98 Å². The number of halogens is 1. The minimum absolute atomic E-state index is 0.676. The van der Waals surface area contributed by atoms with Crippen molar-refractivity contribution >= 4 is 11.6 Å². The maximum atomic E-state index is 5.75. The minimum atomic E-state index is 0.676. The Balaban J connectivity index is 0.000000162. The third-order valence-electron chi connectivity index (χ3n) is 1.66. The van der Waals surface area contributed by atoms with Crippen molar-refractivity contribution in [3.05, 3.63) is 46.6 Å². The van der Waals surface area contributed by atoms with Crippen LogP contribution in [-0.4, -0.2) is 10.1 Å². The van der Waals surface area contributed by atoms with E-state index in [1.165, 1.54) is 17.5 Å². The summed E-state index contributed by atoms with van der Waals surface area (Å²) in [5, 5.41) is 4.26. The molecule has 0 N–H and O–H groups in total. The number of rotatable bonds is 0. The van der Waals surface area contributed by atoms with Crippen LogP contribution in [0.15, 0.2) is 29.1 Å². The molecule has 0 atom stereocenters. The molecule has 1 aromatic carbocycles. The van der Waals surface area contributed by atoms with E-state index in [4.69, 9.17) is 11.6 Å². The van der Waals surface area contributed by atoms with Crippen molar-refractivity contribution < 1.29 is 4.52 Å². The van der Waals surface area contributed by atoms with Gasteiger partial charge in [-0.05, 0) is 44.0 Å². The molecule has 1 heterocycles. The van der Waals surface area contributed by atoms with Crippen LogP contribution in [0.2, 0.25) is 5.02 Å². The zero-order chi connectivity index (χ0) is 11.3. The summed E-state index contributed by atoms with van der Waals surface area (Å²) in [5.41, 5.74) is 2.44. The zero-order valence-electron chi connectivity index (χ0n) is 8.99. The fourth-order valence-electron chi connectivity index (χ4n) is 1.14. The van der Waals surface area contributed by atoms with Gasteiger partial charge in [0.2, 0.25) is 6.39 Å². The van der Waals surface area contributed by atoms with Crippen LogP contribution in [-0.2, 0) is 0 Å². The van der Waals surface area contributed by atoms with Gasteiger partial charge in [-0.3, -0.25) is 0 Å². The summed E-state index contributed by atoms with van der Waals surface area (Å²) in [5.74, 6) is 0.676. The second-order valence-corrected chi connectivity index (χ2v) is 3.72. The predicted molar refractivity (Wildman–Crippen MR) is 60.0 cm³/mol. The lowest BCUT2D eigenvalue weighted by Gasteiger charge is -1.95. The first-order valence-electron chi connectivity index (χ1n) is 4.54. The first-order valence-corrected chi connectivity index (χ1v) is 4.92. The van der Waals surface area contributed by atoms with Gasteiger partial charge in [-0.25, -0.2) is 0 Å². The first kappa shape index (κ1) is 11.7. The van der Waals surface area contributed by atoms with Gasteiger partial charge < -0.3 is 4.52 Å². The van der Waals surface area contributed by atoms with Gasteiger partial charge in [0.05, 0.1) is 0 Å². The van der Waals surface area contributed by atoms with Crippen molar-refractivity contribution in [1.29, 1.82) is 0 Å². The van der Waals surface area contributed by atoms with Crippen LogP contribution in [0.5, 0.6) is 0 Å². The van der Waals surface area contributed by atoms with Crippen LogP contribution in [0.4, 0.5) is 0 Å². The summed E-state index contributed by atoms with van der Waals surface area (Å²) in [6, 6.07) is 6.01. The molecule has 0 spiro atoms. The van der Waals surface area contributed by atoms with Gasteiger partial charge in [0.1, 0.15) is 0 Å². The maximum absolute atomic E-state index is 5.75. The van der Waals surface area contributed by atoms with E-state index >= 15 is 0 Å². The molecule has 1 aromatic heterocycles. The molecule has 0 aliphatic rings. The number of aromatic nitrogens is 2. The number of hydrogen-bond acceptors (Lipinski definition) is 3. The Labute approximate surface area is 94.1 Å². The van der Waals surface area contributed by atoms with Gasteiger partial charge in [0.25, 0.3) is 0 Å². The molecule has 0 saturated carbocycles. The average molecular weight is 225 g/mol. The lowest BCUT2D eigenvalue weighted by molar-refractivity contribution is 0.412. The summed E-state index contributed by atoms with van der Waals surface area (Å²) >= 11 is 5.75. The largest absolute Gasteiger partial charge is 0.343 e. The fourth-order valence-corrected chi connectivity index (χ4v) is 1.49. The maximum Gasteiger partial charge on any atom is 0.213 e. The van der Waals surface area contributed by atoms with Gasteiger partial charge in [0, 0.05) is 5.02 Å². The minimum Gasteiger partial charge on any atom is -0.343 e. The van der Waals surface area contributed by atoms with Gasteiger partial charge in [0.15, 0.2) is 5.82 Å². The van der Waals surface area contributed by atoms with Gasteiger partial charge in [-0.1, -0.05) is 22.8 Å². The molecular formula is C11H13ClN2O. The van der Waals surface area contributed by atoms with Gasteiger partial charge in [-0.15, -0.1) is 0 Å². The highest BCUT2D eigenvalue weighted by atomic mass is 35.5. The number of aryl methyl sites for hydroxylation is 3. The Kier molecular flexibility index (Phi) is 4.31. The van der Waals surface area contributed by atoms with E-state index in [9.17, 15) is 0 Å². The van der Waals surface area contributed by atoms with Crippen LogP contribution < -0.4 is 0 Å². The highest BCUT2D eigenvalue weighted by Gasteiger charge is 1.89. The lowest BCUT2D eigenvalue weighted by atomic mass is 10.2. The molecule has 0 saturated heterocycles. The molecule has 2 rings (SSSR count). The quantitative estimate of drug-likeness (QED) is 0.689. The van der Waals surface area contributed by atoms with Crippen molar-refractivity contribution in [3.63, 3.8) is 0 Å². The normalized spacial score (nSPS) is 9.33. The van der Waals surface area contributed by atoms with Crippen molar-refractivity contribution in [2.45, 2.75) is 20.8 Å². The molecular weight excluding hydrogens is 212 g/mol. The molecule has 0 bridgehead atoms. The lowest BCUT2D eigenvalue weighted by Crippen LogP contribution is -1.74. The van der Waals surface area contributed by atoms with E-state index in [1.807, 2.05) is 26.0 Å². The van der Waals surface area contributed by atoms with Crippen LogP contribution in [0.25, 0.3) is 0 Å². The second-order valence-electron chi connectivity index (χ2n) is 3.28. The topological polar surface area (TPSA) is 38.9 Å². The Morgan fingerprint density at radius 1 is 1.07 bits per heavy atom. The monoisotopic (exact) mass is 224 g/mol. The molecule has 80 valence electrons. The molecule has 2 aromatic rings. The number of benzene rings is 1. The molecule has 15 heavy (non-hydrogen) atoms. The molecule has 3 nitrogen and oxygen atoms in total. The summed E-state index contributed by atoms with van der Waals surface area (Å²) in [6.45, 7) is 5.85. The Morgan fingerprint density at radius 3 is 1.93 bits per heavy atom. The summed E-state index contributed by atoms with van der Waals surface area (Å²) in [6.07, 6.45) is 1.30. The summed E-state index contributed by atoms with van der Waals surface area (Å²) in [4.78, 5) is 3.64. The highest BCUT2D eigenvalue weighted by molar-refractivity contribution is 6.30. The molecule has 0 unspecified atom stereocenters. The molecule has 0 amide bonds. The Hall–Kier alpha value is -1.35. The molecule has 0 aliphatic heterocycles. The zero-order valence-corrected chi connectivity index (χ0v) is 9.75. The Bertz CT molecular complexity index is 362. The molecule has 0 radical (unpaired) electrons. The van der Waals surface area contributed by atoms with E-state index in [-0.39, 0.29) is 0 Å². The standard InChI is InChI=1S/C8H9Cl.C3H4N2O/c1-6-3-7(2)5-8(9)4-6;1-3-4-2-6-5-3/h3-5H,1-2H3;2H,1H3. The van der Waals surface area contributed by atoms with E-state index in [1.54, 1.807) is 6.92 Å². The SMILES string of the molecule is Cc1cc(C)cc(Cl)c1.Cc1ncon1. The predicted octanol–water partition coefficient (Wildman–Crippen LogP) is 3.33. The Morgan fingerprint density at radius 2 is 1.67 bits per heavy atom. The molecule has 4 heteroatoms. The van der Waals surface area contributed by atoms with E-state index in [0.717, 1.165) is 5.02 Å². The van der Waals surface area contributed by atoms with E-state index in [0.29, 0.717) is 5.82 Å². The number of hydrogen-bond donors (Lipinski definition) is 0. The van der Waals surface area contributed by atoms with Crippen molar-refractivity contribution in [3.8, 4) is 0 Å². The third-order valence-corrected chi connectivity index (χ3v) is 1.88. The second kappa shape index (κ2) is 5.51. The van der Waals surface area contributed by atoms with Crippen LogP contribution in [0.1, 0.15) is 17.0 Å². The molecule has 0 aliphatic carbocycles. The van der Waals surface area contributed by atoms with Gasteiger partial charge >= 0.3 is 0 Å². The fraction of sp³-hybridized carbons (Fsp3) is 0.273. The third kappa shape index (κ3) is 4.61. The van der Waals surface area contributed by atoms with E-state index in [2.05, 4.69) is 20.7 Å². The summed E-state index contributed by atoms with van der Waals surface area (Å²) in [7, 11) is 0. The van der Waals surface area contributed by atoms with Crippen molar-refractivity contribution in [1.82, 2.24) is 10.1 Å². The van der Waals surface area contributed by atoms with Crippen LogP contribution in [0.3, 0.4) is 0 Å². The smallest absolute Gasteiger partial charge is 0.213 e. The average Bonchev–Trinajstić information content (AvgIpc) is 2.54. The van der Waals surface area contributed by atoms with Crippen molar-refractivity contribution in [2.75, 3.05) is 0 Å². The summed E-state index contributed by atoms with van der Waals surface area (Å²) < 4.78 is 4.35. The first-order chi connectivity index (χ1) is 7.08. The van der Waals surface area contributed by atoms with Crippen LogP contribution >= 0.6 is 11.6 Å². The van der Waals surface area contributed by atoms with Crippen LogP contribution in [0, 0.1) is 20.8 Å². The molecule has 0 fully saturated rings. The van der Waals surface area contributed by atoms with E-state index < -0.39 is 0 Å². The number of nitrogens with zero attached hydrogens (tertiary/aromatic N) is 2. The van der Waals surface area contributed by atoms with Crippen molar-refractivity contribution in [2.24, 2.45) is 0 Å².